The molecule has 0 heterocycles. The van der Waals surface area contributed by atoms with Crippen LogP contribution in [0, 0.1) is 15.9 Å². The van der Waals surface area contributed by atoms with Crippen molar-refractivity contribution in [3.8, 4) is 0 Å². The summed E-state index contributed by atoms with van der Waals surface area (Å²) in [7, 11) is 0. The second-order valence-electron chi connectivity index (χ2n) is 4.38. The van der Waals surface area contributed by atoms with Crippen molar-refractivity contribution in [3.63, 3.8) is 0 Å². The summed E-state index contributed by atoms with van der Waals surface area (Å²) in [5.74, 6) is -1.00. The van der Waals surface area contributed by atoms with Crippen molar-refractivity contribution in [2.75, 3.05) is 0 Å². The summed E-state index contributed by atoms with van der Waals surface area (Å²) in [5, 5.41) is 10.8. The molecule has 0 N–H and O–H groups in total. The number of para-hydroxylation sites is 1. The van der Waals surface area contributed by atoms with E-state index < -0.39 is 10.9 Å². The van der Waals surface area contributed by atoms with Crippen LogP contribution in [0.25, 0.3) is 6.08 Å². The molecule has 0 saturated carbocycles. The Morgan fingerprint density at radius 1 is 1.18 bits per heavy atom. The number of nitro groups is 1. The molecule has 0 aliphatic carbocycles. The second-order valence-corrected chi connectivity index (χ2v) is 4.38. The van der Waals surface area contributed by atoms with Gasteiger partial charge in [0.05, 0.1) is 10.5 Å². The van der Waals surface area contributed by atoms with Crippen LogP contribution in [-0.4, -0.2) is 10.9 Å². The van der Waals surface area contributed by atoms with Crippen LogP contribution in [0.5, 0.6) is 0 Å². The highest BCUT2D eigenvalue weighted by atomic mass is 19.1. The van der Waals surface area contributed by atoms with Crippen molar-refractivity contribution in [1.29, 1.82) is 0 Å². The van der Waals surface area contributed by atoms with Crippen LogP contribution in [0.4, 0.5) is 10.1 Å². The number of halogens is 1. The van der Waals surface area contributed by atoms with Gasteiger partial charge >= 0.3 is 5.97 Å². The van der Waals surface area contributed by atoms with Crippen LogP contribution >= 0.6 is 0 Å². The van der Waals surface area contributed by atoms with E-state index in [4.69, 9.17) is 4.74 Å². The van der Waals surface area contributed by atoms with Crippen molar-refractivity contribution >= 4 is 17.7 Å². The zero-order valence-electron chi connectivity index (χ0n) is 11.4. The normalized spacial score (nSPS) is 10.6. The van der Waals surface area contributed by atoms with E-state index in [9.17, 15) is 19.3 Å². The molecular formula is C16H12FNO4. The van der Waals surface area contributed by atoms with Gasteiger partial charge in [-0.15, -0.1) is 0 Å². The van der Waals surface area contributed by atoms with Crippen molar-refractivity contribution in [1.82, 2.24) is 0 Å². The lowest BCUT2D eigenvalue weighted by atomic mass is 10.2. The molecular weight excluding hydrogens is 289 g/mol. The zero-order valence-corrected chi connectivity index (χ0v) is 11.4. The number of hydrogen-bond acceptors (Lipinski definition) is 4. The maximum absolute atomic E-state index is 12.7. The molecule has 2 aromatic carbocycles. The van der Waals surface area contributed by atoms with Crippen molar-refractivity contribution in [2.45, 2.75) is 6.61 Å². The highest BCUT2D eigenvalue weighted by Crippen LogP contribution is 2.18. The third kappa shape index (κ3) is 4.24. The zero-order chi connectivity index (χ0) is 15.9. The highest BCUT2D eigenvalue weighted by molar-refractivity contribution is 5.87. The molecule has 0 amide bonds. The molecule has 0 aromatic heterocycles. The van der Waals surface area contributed by atoms with Gasteiger partial charge in [-0.25, -0.2) is 9.18 Å². The number of hydrogen-bond donors (Lipinski definition) is 0. The predicted octanol–water partition coefficient (Wildman–Crippen LogP) is 3.49. The molecule has 0 radical (unpaired) electrons. The number of carbonyl (C=O) groups excluding carboxylic acids is 1. The first-order valence-corrected chi connectivity index (χ1v) is 6.39. The fraction of sp³-hybridized carbons (Fsp3) is 0.0625. The second kappa shape index (κ2) is 7.12. The van der Waals surface area contributed by atoms with Crippen LogP contribution in [0.15, 0.2) is 54.6 Å². The molecule has 6 heteroatoms. The Labute approximate surface area is 125 Å². The Kier molecular flexibility index (Phi) is 4.98. The van der Waals surface area contributed by atoms with E-state index >= 15 is 0 Å². The Morgan fingerprint density at radius 2 is 1.86 bits per heavy atom. The maximum atomic E-state index is 12.7. The van der Waals surface area contributed by atoms with Gasteiger partial charge in [0.2, 0.25) is 0 Å². The lowest BCUT2D eigenvalue weighted by Gasteiger charge is -2.03. The maximum Gasteiger partial charge on any atom is 0.331 e. The lowest BCUT2D eigenvalue weighted by molar-refractivity contribution is -0.385. The number of nitrogens with zero attached hydrogens (tertiary/aromatic N) is 1. The minimum atomic E-state index is -0.637. The molecule has 22 heavy (non-hydrogen) atoms. The minimum Gasteiger partial charge on any atom is -0.457 e. The number of benzene rings is 2. The average Bonchev–Trinajstić information content (AvgIpc) is 2.52. The third-order valence-corrected chi connectivity index (χ3v) is 2.84. The van der Waals surface area contributed by atoms with Crippen LogP contribution in [0.2, 0.25) is 0 Å². The van der Waals surface area contributed by atoms with E-state index in [1.165, 1.54) is 54.6 Å². The molecule has 0 aliphatic rings. The fourth-order valence-electron chi connectivity index (χ4n) is 1.75. The van der Waals surface area contributed by atoms with Gasteiger partial charge in [0.25, 0.3) is 5.69 Å². The molecule has 2 aromatic rings. The molecule has 5 nitrogen and oxygen atoms in total. The predicted molar refractivity (Wildman–Crippen MR) is 78.3 cm³/mol. The van der Waals surface area contributed by atoms with Gasteiger partial charge in [-0.3, -0.25) is 10.1 Å². The summed E-state index contributed by atoms with van der Waals surface area (Å²) >= 11 is 0. The largest absolute Gasteiger partial charge is 0.457 e. The number of esters is 1. The average molecular weight is 301 g/mol. The summed E-state index contributed by atoms with van der Waals surface area (Å²) in [4.78, 5) is 21.9. The molecule has 0 aliphatic heterocycles. The molecule has 0 bridgehead atoms. The van der Waals surface area contributed by atoms with Gasteiger partial charge < -0.3 is 4.74 Å². The SMILES string of the molecule is O=C(/C=C/c1ccc(F)cc1)OCc1ccccc1[N+](=O)[O-]. The van der Waals surface area contributed by atoms with Gasteiger partial charge in [-0.05, 0) is 29.8 Å². The first kappa shape index (κ1) is 15.4. The number of rotatable bonds is 5. The lowest BCUT2D eigenvalue weighted by Crippen LogP contribution is -2.03. The number of nitro benzene ring substituents is 1. The Balaban J connectivity index is 1.96. The van der Waals surface area contributed by atoms with Gasteiger partial charge in [0.1, 0.15) is 12.4 Å². The van der Waals surface area contributed by atoms with Gasteiger partial charge in [0, 0.05) is 12.1 Å². The monoisotopic (exact) mass is 301 g/mol. The van der Waals surface area contributed by atoms with Gasteiger partial charge in [-0.1, -0.05) is 24.3 Å². The van der Waals surface area contributed by atoms with E-state index in [0.717, 1.165) is 0 Å². The smallest absolute Gasteiger partial charge is 0.331 e. The van der Waals surface area contributed by atoms with Crippen LogP contribution < -0.4 is 0 Å². The summed E-state index contributed by atoms with van der Waals surface area (Å²) in [6.45, 7) is -0.191. The Morgan fingerprint density at radius 3 is 2.55 bits per heavy atom. The van der Waals surface area contributed by atoms with Gasteiger partial charge in [0.15, 0.2) is 0 Å². The molecule has 0 atom stereocenters. The highest BCUT2D eigenvalue weighted by Gasteiger charge is 2.13. The summed E-state index contributed by atoms with van der Waals surface area (Å²) in [6, 6.07) is 11.6. The van der Waals surface area contributed by atoms with Crippen molar-refractivity contribution in [3.05, 3.63) is 81.7 Å². The van der Waals surface area contributed by atoms with E-state index in [1.54, 1.807) is 6.07 Å². The molecule has 2 rings (SSSR count). The van der Waals surface area contributed by atoms with Crippen LogP contribution in [-0.2, 0) is 16.1 Å². The van der Waals surface area contributed by atoms with E-state index in [2.05, 4.69) is 0 Å². The van der Waals surface area contributed by atoms with E-state index in [-0.39, 0.29) is 18.1 Å². The minimum absolute atomic E-state index is 0.0992. The quantitative estimate of drug-likeness (QED) is 0.367. The first-order chi connectivity index (χ1) is 10.6. The molecule has 0 spiro atoms. The van der Waals surface area contributed by atoms with Crippen LogP contribution in [0.1, 0.15) is 11.1 Å². The standard InChI is InChI=1S/C16H12FNO4/c17-14-8-5-12(6-9-14)7-10-16(19)22-11-13-3-1-2-4-15(13)18(20)21/h1-10H,11H2/b10-7+. The summed E-state index contributed by atoms with van der Waals surface area (Å²) in [6.07, 6.45) is 2.66. The van der Waals surface area contributed by atoms with Gasteiger partial charge in [-0.2, -0.15) is 0 Å². The number of ether oxygens (including phenoxy) is 1. The van der Waals surface area contributed by atoms with E-state index in [1.807, 2.05) is 0 Å². The number of carbonyl (C=O) groups is 1. The topological polar surface area (TPSA) is 69.4 Å². The Bertz CT molecular complexity index is 710. The molecule has 0 saturated heterocycles. The third-order valence-electron chi connectivity index (χ3n) is 2.84. The molecule has 0 fully saturated rings. The molecule has 0 unspecified atom stereocenters. The fourth-order valence-corrected chi connectivity index (χ4v) is 1.75. The van der Waals surface area contributed by atoms with Crippen molar-refractivity contribution in [2.24, 2.45) is 0 Å². The summed E-state index contributed by atoms with van der Waals surface area (Å²) < 4.78 is 17.7. The van der Waals surface area contributed by atoms with Crippen molar-refractivity contribution < 1.29 is 18.8 Å². The van der Waals surface area contributed by atoms with Crippen LogP contribution in [0.3, 0.4) is 0 Å². The summed E-state index contributed by atoms with van der Waals surface area (Å²) in [5.41, 5.74) is 0.859. The first-order valence-electron chi connectivity index (χ1n) is 6.39. The Hall–Kier alpha value is -3.02. The molecule has 112 valence electrons. The van der Waals surface area contributed by atoms with E-state index in [0.29, 0.717) is 11.1 Å².